The van der Waals surface area contributed by atoms with Crippen molar-refractivity contribution in [3.8, 4) is 5.75 Å². The van der Waals surface area contributed by atoms with Crippen molar-refractivity contribution in [3.63, 3.8) is 0 Å². The van der Waals surface area contributed by atoms with E-state index in [1.54, 1.807) is 38.4 Å². The quantitative estimate of drug-likeness (QED) is 0.880. The van der Waals surface area contributed by atoms with Crippen molar-refractivity contribution < 1.29 is 14.3 Å². The Labute approximate surface area is 138 Å². The molecule has 0 aliphatic carbocycles. The summed E-state index contributed by atoms with van der Waals surface area (Å²) < 4.78 is 5.08. The number of benzene rings is 2. The maximum absolute atomic E-state index is 12.5. The number of thioether (sulfide) groups is 1. The van der Waals surface area contributed by atoms with Crippen LogP contribution in [0.4, 0.5) is 11.4 Å². The molecule has 1 aliphatic rings. The van der Waals surface area contributed by atoms with E-state index >= 15 is 0 Å². The van der Waals surface area contributed by atoms with Crippen LogP contribution in [0.25, 0.3) is 0 Å². The number of anilines is 2. The Hall–Kier alpha value is -2.47. The molecule has 0 radical (unpaired) electrons. The lowest BCUT2D eigenvalue weighted by Gasteiger charge is -2.30. The molecule has 2 aromatic rings. The van der Waals surface area contributed by atoms with Gasteiger partial charge in [-0.15, -0.1) is 11.8 Å². The number of fused-ring (bicyclic) bond motifs is 1. The molecule has 3 rings (SSSR count). The Balaban J connectivity index is 1.78. The number of hydrogen-bond acceptors (Lipinski definition) is 4. The molecule has 1 aliphatic heterocycles. The first-order valence-corrected chi connectivity index (χ1v) is 7.96. The topological polar surface area (TPSA) is 58.6 Å². The van der Waals surface area contributed by atoms with Crippen LogP contribution >= 0.6 is 11.8 Å². The highest BCUT2D eigenvalue weighted by molar-refractivity contribution is 8.01. The smallest absolute Gasteiger partial charge is 0.249 e. The van der Waals surface area contributed by atoms with Crippen LogP contribution in [0.15, 0.2) is 53.4 Å². The molecular weight excluding hydrogens is 312 g/mol. The predicted molar refractivity (Wildman–Crippen MR) is 91.1 cm³/mol. The number of carbonyl (C=O) groups is 2. The minimum absolute atomic E-state index is 0.222. The fraction of sp³-hybridized carbons (Fsp3) is 0.176. The van der Waals surface area contributed by atoms with E-state index in [1.165, 1.54) is 16.7 Å². The zero-order valence-corrected chi connectivity index (χ0v) is 13.6. The maximum atomic E-state index is 12.5. The summed E-state index contributed by atoms with van der Waals surface area (Å²) in [5, 5.41) is 1.99. The van der Waals surface area contributed by atoms with Gasteiger partial charge in [0.1, 0.15) is 5.75 Å². The first kappa shape index (κ1) is 15.4. The van der Waals surface area contributed by atoms with Crippen molar-refractivity contribution in [3.05, 3.63) is 48.5 Å². The van der Waals surface area contributed by atoms with E-state index in [-0.39, 0.29) is 11.8 Å². The molecule has 6 heteroatoms. The minimum atomic E-state index is -0.794. The molecular formula is C17H16N2O3S. The van der Waals surface area contributed by atoms with E-state index in [2.05, 4.69) is 5.32 Å². The van der Waals surface area contributed by atoms with Crippen molar-refractivity contribution >= 4 is 35.0 Å². The van der Waals surface area contributed by atoms with Crippen LogP contribution in [0.3, 0.4) is 0 Å². The van der Waals surface area contributed by atoms with Gasteiger partial charge in [0.2, 0.25) is 11.8 Å². The molecule has 0 spiro atoms. The molecule has 23 heavy (non-hydrogen) atoms. The molecule has 0 saturated carbocycles. The monoisotopic (exact) mass is 328 g/mol. The number of methoxy groups -OCH3 is 1. The molecule has 1 unspecified atom stereocenters. The van der Waals surface area contributed by atoms with E-state index < -0.39 is 5.25 Å². The average molecular weight is 328 g/mol. The second-order valence-corrected chi connectivity index (χ2v) is 6.23. The Morgan fingerprint density at radius 2 is 1.87 bits per heavy atom. The van der Waals surface area contributed by atoms with Crippen LogP contribution in [-0.2, 0) is 9.59 Å². The average Bonchev–Trinajstić information content (AvgIpc) is 2.58. The highest BCUT2D eigenvalue weighted by Crippen LogP contribution is 2.38. The Morgan fingerprint density at radius 3 is 2.57 bits per heavy atom. The van der Waals surface area contributed by atoms with Crippen molar-refractivity contribution in [2.24, 2.45) is 0 Å². The fourth-order valence-corrected chi connectivity index (χ4v) is 3.52. The molecule has 1 atom stereocenters. The summed E-state index contributed by atoms with van der Waals surface area (Å²) >= 11 is 1.28. The lowest BCUT2D eigenvalue weighted by Crippen LogP contribution is -2.44. The first-order valence-electron chi connectivity index (χ1n) is 7.08. The van der Waals surface area contributed by atoms with E-state index in [0.717, 1.165) is 10.6 Å². The molecule has 0 saturated heterocycles. The highest BCUT2D eigenvalue weighted by Gasteiger charge is 2.36. The number of nitrogens with zero attached hydrogens (tertiary/aromatic N) is 1. The van der Waals surface area contributed by atoms with Gasteiger partial charge < -0.3 is 15.0 Å². The molecule has 1 heterocycles. The number of ether oxygens (including phenoxy) is 1. The summed E-state index contributed by atoms with van der Waals surface area (Å²) in [7, 11) is 3.27. The number of para-hydroxylation sites is 1. The van der Waals surface area contributed by atoms with E-state index in [0.29, 0.717) is 11.4 Å². The minimum Gasteiger partial charge on any atom is -0.497 e. The predicted octanol–water partition coefficient (Wildman–Crippen LogP) is 2.77. The van der Waals surface area contributed by atoms with Gasteiger partial charge in [-0.05, 0) is 36.4 Å². The summed E-state index contributed by atoms with van der Waals surface area (Å²) in [5.74, 6) is 0.158. The zero-order chi connectivity index (χ0) is 16.4. The molecule has 0 bridgehead atoms. The summed E-state index contributed by atoms with van der Waals surface area (Å²) in [6, 6.07) is 14.6. The van der Waals surface area contributed by atoms with Crippen LogP contribution in [0.1, 0.15) is 0 Å². The molecule has 118 valence electrons. The van der Waals surface area contributed by atoms with Gasteiger partial charge in [0.25, 0.3) is 0 Å². The van der Waals surface area contributed by atoms with Crippen LogP contribution in [0.5, 0.6) is 5.75 Å². The second-order valence-electron chi connectivity index (χ2n) is 5.08. The third kappa shape index (κ3) is 3.03. The van der Waals surface area contributed by atoms with Crippen molar-refractivity contribution in [1.82, 2.24) is 0 Å². The van der Waals surface area contributed by atoms with Gasteiger partial charge in [-0.2, -0.15) is 0 Å². The summed E-state index contributed by atoms with van der Waals surface area (Å²) in [5.41, 5.74) is 1.46. The largest absolute Gasteiger partial charge is 0.497 e. The maximum Gasteiger partial charge on any atom is 0.249 e. The van der Waals surface area contributed by atoms with Gasteiger partial charge in [0, 0.05) is 17.6 Å². The third-order valence-electron chi connectivity index (χ3n) is 3.62. The van der Waals surface area contributed by atoms with Crippen LogP contribution < -0.4 is 15.0 Å². The first-order chi connectivity index (χ1) is 11.1. The number of amides is 2. The number of rotatable bonds is 3. The zero-order valence-electron chi connectivity index (χ0n) is 12.8. The van der Waals surface area contributed by atoms with Crippen LogP contribution in [0.2, 0.25) is 0 Å². The van der Waals surface area contributed by atoms with E-state index in [1.807, 2.05) is 24.3 Å². The van der Waals surface area contributed by atoms with Gasteiger partial charge in [-0.25, -0.2) is 0 Å². The van der Waals surface area contributed by atoms with Crippen molar-refractivity contribution in [2.45, 2.75) is 10.1 Å². The molecule has 2 amide bonds. The van der Waals surface area contributed by atoms with Crippen molar-refractivity contribution in [1.29, 1.82) is 0 Å². The van der Waals surface area contributed by atoms with Gasteiger partial charge in [0.05, 0.1) is 12.8 Å². The van der Waals surface area contributed by atoms with Gasteiger partial charge in [-0.1, -0.05) is 12.1 Å². The fourth-order valence-electron chi connectivity index (χ4n) is 2.35. The summed E-state index contributed by atoms with van der Waals surface area (Å²) in [4.78, 5) is 27.4. The normalized spacial score (nSPS) is 16.7. The molecule has 1 N–H and O–H groups in total. The standard InChI is InChI=1S/C17H16N2O3S/c1-19-13-5-3-4-6-14(13)23-15(17(19)21)16(20)18-11-7-9-12(22-2)10-8-11/h3-10,15H,1-2H3,(H,18,20). The van der Waals surface area contributed by atoms with Crippen molar-refractivity contribution in [2.75, 3.05) is 24.4 Å². The Kier molecular flexibility index (Phi) is 4.25. The SMILES string of the molecule is COc1ccc(NC(=O)C2Sc3ccccc3N(C)C2=O)cc1. The molecule has 0 fully saturated rings. The lowest BCUT2D eigenvalue weighted by molar-refractivity contribution is -0.124. The van der Waals surface area contributed by atoms with E-state index in [9.17, 15) is 9.59 Å². The lowest BCUT2D eigenvalue weighted by atomic mass is 10.2. The molecule has 0 aromatic heterocycles. The number of hydrogen-bond donors (Lipinski definition) is 1. The number of nitrogens with one attached hydrogen (secondary N) is 1. The third-order valence-corrected chi connectivity index (χ3v) is 4.87. The summed E-state index contributed by atoms with van der Waals surface area (Å²) in [6.45, 7) is 0. The molecule has 2 aromatic carbocycles. The second kappa shape index (κ2) is 6.34. The Morgan fingerprint density at radius 1 is 1.17 bits per heavy atom. The van der Waals surface area contributed by atoms with Gasteiger partial charge >= 0.3 is 0 Å². The van der Waals surface area contributed by atoms with E-state index in [4.69, 9.17) is 4.74 Å². The number of carbonyl (C=O) groups excluding carboxylic acids is 2. The van der Waals surface area contributed by atoms with Gasteiger partial charge in [-0.3, -0.25) is 9.59 Å². The summed E-state index contributed by atoms with van der Waals surface area (Å²) in [6.07, 6.45) is 0. The molecule has 5 nitrogen and oxygen atoms in total. The van der Waals surface area contributed by atoms with Crippen LogP contribution in [-0.4, -0.2) is 31.2 Å². The van der Waals surface area contributed by atoms with Crippen LogP contribution in [0, 0.1) is 0 Å². The Bertz CT molecular complexity index is 746. The highest BCUT2D eigenvalue weighted by atomic mass is 32.2. The van der Waals surface area contributed by atoms with Gasteiger partial charge in [0.15, 0.2) is 5.25 Å².